The van der Waals surface area contributed by atoms with Gasteiger partial charge in [-0.1, -0.05) is 37.7 Å². The zero-order valence-corrected chi connectivity index (χ0v) is 15.9. The lowest BCUT2D eigenvalue weighted by Gasteiger charge is -2.34. The topological polar surface area (TPSA) is 6.48 Å². The van der Waals surface area contributed by atoms with E-state index in [4.69, 9.17) is 0 Å². The Hall–Kier alpha value is -1.10. The summed E-state index contributed by atoms with van der Waals surface area (Å²) in [6.45, 7) is 6.54. The summed E-state index contributed by atoms with van der Waals surface area (Å²) in [5.41, 5.74) is 2.68. The second-order valence-corrected chi connectivity index (χ2v) is 9.05. The molecule has 0 radical (unpaired) electrons. The van der Waals surface area contributed by atoms with Crippen molar-refractivity contribution >= 4 is 34.9 Å². The molecule has 2 aromatic rings. The number of para-hydroxylation sites is 1. The Bertz CT molecular complexity index is 683. The molecule has 2 nitrogen and oxygen atoms in total. The molecule has 0 fully saturated rings. The van der Waals surface area contributed by atoms with Gasteiger partial charge in [0.05, 0.1) is 11.4 Å². The van der Waals surface area contributed by atoms with E-state index in [2.05, 4.69) is 80.2 Å². The Morgan fingerprint density at radius 2 is 1.78 bits per heavy atom. The first kappa shape index (κ1) is 16.7. The standard InChI is InChI=1S/C19H24N2S2/c1-14(2)22-15-9-10-19-17(13-15)21(12-11-20(3)4)16-7-5-6-8-18(16)23-19/h5-10,13-14H,11-12H2,1-4H3. The first-order valence-electron chi connectivity index (χ1n) is 8.04. The average Bonchev–Trinajstić information content (AvgIpc) is 2.51. The van der Waals surface area contributed by atoms with E-state index in [1.807, 2.05) is 23.5 Å². The van der Waals surface area contributed by atoms with Gasteiger partial charge in [0.2, 0.25) is 0 Å². The summed E-state index contributed by atoms with van der Waals surface area (Å²) >= 11 is 3.82. The van der Waals surface area contributed by atoms with Gasteiger partial charge in [-0.05, 0) is 44.4 Å². The Kier molecular flexibility index (Phi) is 5.24. The monoisotopic (exact) mass is 344 g/mol. The van der Waals surface area contributed by atoms with Gasteiger partial charge < -0.3 is 9.80 Å². The van der Waals surface area contributed by atoms with E-state index in [0.717, 1.165) is 13.1 Å². The number of rotatable bonds is 5. The van der Waals surface area contributed by atoms with Crippen LogP contribution in [0.4, 0.5) is 11.4 Å². The number of hydrogen-bond acceptors (Lipinski definition) is 4. The highest BCUT2D eigenvalue weighted by Gasteiger charge is 2.23. The highest BCUT2D eigenvalue weighted by molar-refractivity contribution is 8.00. The molecular formula is C19H24N2S2. The second-order valence-electron chi connectivity index (χ2n) is 6.32. The molecule has 1 heterocycles. The molecule has 0 aromatic heterocycles. The molecule has 1 aliphatic rings. The lowest BCUT2D eigenvalue weighted by Crippen LogP contribution is -2.29. The summed E-state index contributed by atoms with van der Waals surface area (Å²) < 4.78 is 0. The van der Waals surface area contributed by atoms with Crippen molar-refractivity contribution in [3.63, 3.8) is 0 Å². The molecule has 0 N–H and O–H groups in total. The minimum atomic E-state index is 0.604. The van der Waals surface area contributed by atoms with Crippen LogP contribution in [0.3, 0.4) is 0 Å². The van der Waals surface area contributed by atoms with Crippen LogP contribution in [0.5, 0.6) is 0 Å². The number of likely N-dealkylation sites (N-methyl/N-ethyl adjacent to an activating group) is 1. The summed E-state index contributed by atoms with van der Waals surface area (Å²) in [6, 6.07) is 15.6. The van der Waals surface area contributed by atoms with Crippen LogP contribution in [0.2, 0.25) is 0 Å². The zero-order valence-electron chi connectivity index (χ0n) is 14.2. The smallest absolute Gasteiger partial charge is 0.0564 e. The molecule has 23 heavy (non-hydrogen) atoms. The van der Waals surface area contributed by atoms with Gasteiger partial charge in [0.1, 0.15) is 0 Å². The second kappa shape index (κ2) is 7.20. The fourth-order valence-corrected chi connectivity index (χ4v) is 4.64. The predicted molar refractivity (Wildman–Crippen MR) is 104 cm³/mol. The van der Waals surface area contributed by atoms with Crippen LogP contribution in [0, 0.1) is 0 Å². The van der Waals surface area contributed by atoms with Crippen molar-refractivity contribution in [3.8, 4) is 0 Å². The molecule has 0 aliphatic carbocycles. The molecule has 0 saturated heterocycles. The van der Waals surface area contributed by atoms with E-state index >= 15 is 0 Å². The summed E-state index contributed by atoms with van der Waals surface area (Å²) in [5.74, 6) is 0. The molecule has 122 valence electrons. The van der Waals surface area contributed by atoms with E-state index in [-0.39, 0.29) is 0 Å². The summed E-state index contributed by atoms with van der Waals surface area (Å²) in [6.07, 6.45) is 0. The molecule has 0 atom stereocenters. The van der Waals surface area contributed by atoms with Gasteiger partial charge in [0.15, 0.2) is 0 Å². The van der Waals surface area contributed by atoms with Crippen LogP contribution < -0.4 is 4.90 Å². The fourth-order valence-electron chi connectivity index (χ4n) is 2.70. The van der Waals surface area contributed by atoms with Crippen LogP contribution in [0.1, 0.15) is 13.8 Å². The summed E-state index contributed by atoms with van der Waals surface area (Å²) in [4.78, 5) is 8.79. The number of benzene rings is 2. The van der Waals surface area contributed by atoms with Crippen LogP contribution in [-0.2, 0) is 0 Å². The van der Waals surface area contributed by atoms with Gasteiger partial charge in [-0.15, -0.1) is 11.8 Å². The molecule has 3 rings (SSSR count). The van der Waals surface area contributed by atoms with Gasteiger partial charge in [-0.3, -0.25) is 0 Å². The number of hydrogen-bond donors (Lipinski definition) is 0. The van der Waals surface area contributed by atoms with Crippen LogP contribution >= 0.6 is 23.5 Å². The zero-order chi connectivity index (χ0) is 16.4. The van der Waals surface area contributed by atoms with E-state index in [0.29, 0.717) is 5.25 Å². The third kappa shape index (κ3) is 3.87. The molecule has 1 aliphatic heterocycles. The first-order chi connectivity index (χ1) is 11.0. The molecule has 0 saturated carbocycles. The molecule has 0 unspecified atom stereocenters. The Labute approximate surface area is 148 Å². The highest BCUT2D eigenvalue weighted by Crippen LogP contribution is 2.49. The summed E-state index contributed by atoms with van der Waals surface area (Å²) in [5, 5.41) is 0.604. The van der Waals surface area contributed by atoms with Gasteiger partial charge in [0.25, 0.3) is 0 Å². The Morgan fingerprint density at radius 3 is 2.52 bits per heavy atom. The van der Waals surface area contributed by atoms with Crippen molar-refractivity contribution < 1.29 is 0 Å². The van der Waals surface area contributed by atoms with Crippen LogP contribution in [0.15, 0.2) is 57.2 Å². The van der Waals surface area contributed by atoms with Gasteiger partial charge >= 0.3 is 0 Å². The minimum Gasteiger partial charge on any atom is -0.338 e. The molecule has 0 spiro atoms. The van der Waals surface area contributed by atoms with E-state index in [1.54, 1.807) is 0 Å². The summed E-state index contributed by atoms with van der Waals surface area (Å²) in [7, 11) is 4.27. The van der Waals surface area contributed by atoms with Gasteiger partial charge in [0, 0.05) is 33.0 Å². The van der Waals surface area contributed by atoms with Gasteiger partial charge in [-0.25, -0.2) is 0 Å². The first-order valence-corrected chi connectivity index (χ1v) is 9.74. The van der Waals surface area contributed by atoms with Crippen molar-refractivity contribution in [2.24, 2.45) is 0 Å². The Morgan fingerprint density at radius 1 is 1.04 bits per heavy atom. The number of nitrogens with zero attached hydrogens (tertiary/aromatic N) is 2. The quantitative estimate of drug-likeness (QED) is 0.674. The van der Waals surface area contributed by atoms with Crippen molar-refractivity contribution in [3.05, 3.63) is 42.5 Å². The largest absolute Gasteiger partial charge is 0.338 e. The average molecular weight is 345 g/mol. The molecule has 0 bridgehead atoms. The maximum Gasteiger partial charge on any atom is 0.0564 e. The maximum absolute atomic E-state index is 2.48. The molecule has 4 heteroatoms. The lowest BCUT2D eigenvalue weighted by atomic mass is 10.2. The number of fused-ring (bicyclic) bond motifs is 2. The van der Waals surface area contributed by atoms with Crippen molar-refractivity contribution in [2.45, 2.75) is 33.8 Å². The lowest BCUT2D eigenvalue weighted by molar-refractivity contribution is 0.418. The highest BCUT2D eigenvalue weighted by atomic mass is 32.2. The third-order valence-corrected chi connectivity index (χ3v) is 5.87. The third-order valence-electron chi connectivity index (χ3n) is 3.74. The fraction of sp³-hybridized carbons (Fsp3) is 0.368. The minimum absolute atomic E-state index is 0.604. The number of thioether (sulfide) groups is 1. The van der Waals surface area contributed by atoms with E-state index < -0.39 is 0 Å². The SMILES string of the molecule is CC(C)Sc1ccc2c(c1)N(CCN(C)C)c1ccccc1S2. The van der Waals surface area contributed by atoms with Crippen molar-refractivity contribution in [1.82, 2.24) is 4.90 Å². The molecule has 2 aromatic carbocycles. The maximum atomic E-state index is 2.48. The van der Waals surface area contributed by atoms with Crippen LogP contribution in [-0.4, -0.2) is 37.3 Å². The van der Waals surface area contributed by atoms with Crippen LogP contribution in [0.25, 0.3) is 0 Å². The van der Waals surface area contributed by atoms with E-state index in [1.165, 1.54) is 26.1 Å². The molecular weight excluding hydrogens is 320 g/mol. The van der Waals surface area contributed by atoms with E-state index in [9.17, 15) is 0 Å². The molecule has 0 amide bonds. The van der Waals surface area contributed by atoms with Gasteiger partial charge in [-0.2, -0.15) is 0 Å². The predicted octanol–water partition coefficient (Wildman–Crippen LogP) is 5.35. The Balaban J connectivity index is 1.99. The number of anilines is 2. The van der Waals surface area contributed by atoms with Crippen molar-refractivity contribution in [2.75, 3.05) is 32.1 Å². The van der Waals surface area contributed by atoms with Crippen molar-refractivity contribution in [1.29, 1.82) is 0 Å². The normalized spacial score (nSPS) is 13.4.